The second-order valence-corrected chi connectivity index (χ2v) is 2.97. The van der Waals surface area contributed by atoms with Gasteiger partial charge in [0.2, 0.25) is 0 Å². The first-order valence-corrected chi connectivity index (χ1v) is 3.64. The van der Waals surface area contributed by atoms with Gasteiger partial charge in [-0.15, -0.1) is 0 Å². The summed E-state index contributed by atoms with van der Waals surface area (Å²) in [5, 5.41) is 14.7. The molecule has 0 aliphatic heterocycles. The van der Waals surface area contributed by atoms with Crippen molar-refractivity contribution in [3.8, 4) is 0 Å². The van der Waals surface area contributed by atoms with E-state index in [1.54, 1.807) is 6.08 Å². The summed E-state index contributed by atoms with van der Waals surface area (Å²) in [6.45, 7) is 1.83. The summed E-state index contributed by atoms with van der Waals surface area (Å²) >= 11 is 3.17. The van der Waals surface area contributed by atoms with Crippen LogP contribution in [0.5, 0.6) is 0 Å². The van der Waals surface area contributed by atoms with Crippen LogP contribution in [0.25, 0.3) is 0 Å². The summed E-state index contributed by atoms with van der Waals surface area (Å²) in [7, 11) is 0. The van der Waals surface area contributed by atoms with Gasteiger partial charge in [-0.25, -0.2) is 0 Å². The van der Waals surface area contributed by atoms with Crippen LogP contribution >= 0.6 is 15.9 Å². The fourth-order valence-electron chi connectivity index (χ4n) is 0.681. The first-order chi connectivity index (χ1) is 4.63. The van der Waals surface area contributed by atoms with Gasteiger partial charge in [-0.1, -0.05) is 6.08 Å². The maximum atomic E-state index is 7.37. The Hall–Kier alpha value is -0.700. The van der Waals surface area contributed by atoms with Crippen LogP contribution in [0.1, 0.15) is 6.92 Å². The van der Waals surface area contributed by atoms with E-state index >= 15 is 0 Å². The molecule has 0 bridgehead atoms. The Labute approximate surface area is 67.8 Å². The van der Waals surface area contributed by atoms with Crippen LogP contribution in [0, 0.1) is 10.8 Å². The Balaban J connectivity index is 3.09. The van der Waals surface area contributed by atoms with Gasteiger partial charge in [0.05, 0.1) is 11.4 Å². The normalized spacial score (nSPS) is 18.6. The highest BCUT2D eigenvalue weighted by Crippen LogP contribution is 2.16. The molecule has 10 heavy (non-hydrogen) atoms. The van der Waals surface area contributed by atoms with Gasteiger partial charge >= 0.3 is 0 Å². The molecule has 52 valence electrons. The molecule has 0 spiro atoms. The third-order valence-electron chi connectivity index (χ3n) is 1.36. The van der Waals surface area contributed by atoms with E-state index in [0.717, 1.165) is 5.57 Å². The molecule has 0 heterocycles. The lowest BCUT2D eigenvalue weighted by molar-refractivity contribution is 1.43. The Morgan fingerprint density at radius 2 is 1.80 bits per heavy atom. The molecular weight excluding hydrogens is 192 g/mol. The lowest BCUT2D eigenvalue weighted by atomic mass is 10.0. The first kappa shape index (κ1) is 7.41. The highest BCUT2D eigenvalue weighted by atomic mass is 79.9. The Kier molecular flexibility index (Phi) is 1.85. The fraction of sp³-hybridized carbons (Fsp3) is 0.143. The molecule has 0 saturated heterocycles. The molecule has 0 unspecified atom stereocenters. The molecule has 2 nitrogen and oxygen atoms in total. The zero-order valence-corrected chi connectivity index (χ0v) is 7.12. The lowest BCUT2D eigenvalue weighted by Gasteiger charge is -2.08. The average Bonchev–Trinajstić information content (AvgIpc) is 1.93. The van der Waals surface area contributed by atoms with E-state index in [0.29, 0.717) is 10.2 Å². The minimum absolute atomic E-state index is 0.264. The monoisotopic (exact) mass is 198 g/mol. The van der Waals surface area contributed by atoms with Crippen molar-refractivity contribution < 1.29 is 0 Å². The zero-order chi connectivity index (χ0) is 7.72. The first-order valence-electron chi connectivity index (χ1n) is 2.85. The topological polar surface area (TPSA) is 47.7 Å². The second-order valence-electron chi connectivity index (χ2n) is 2.11. The van der Waals surface area contributed by atoms with Crippen molar-refractivity contribution in [3.63, 3.8) is 0 Å². The number of allylic oxidation sites excluding steroid dienone is 4. The third-order valence-corrected chi connectivity index (χ3v) is 2.02. The van der Waals surface area contributed by atoms with E-state index in [4.69, 9.17) is 10.8 Å². The van der Waals surface area contributed by atoms with Crippen LogP contribution in [0.15, 0.2) is 22.2 Å². The number of hydrogen-bond donors (Lipinski definition) is 2. The Bertz CT molecular complexity index is 225. The molecule has 0 aromatic heterocycles. The zero-order valence-electron chi connectivity index (χ0n) is 5.53. The minimum atomic E-state index is 0.264. The van der Waals surface area contributed by atoms with E-state index in [1.807, 2.05) is 13.0 Å². The summed E-state index contributed by atoms with van der Waals surface area (Å²) in [6, 6.07) is 0. The quantitative estimate of drug-likeness (QED) is 0.562. The van der Waals surface area contributed by atoms with Crippen LogP contribution in [0.3, 0.4) is 0 Å². The summed E-state index contributed by atoms with van der Waals surface area (Å²) in [6.07, 6.45) is 3.61. The fourth-order valence-corrected chi connectivity index (χ4v) is 1.01. The third kappa shape index (κ3) is 1.09. The van der Waals surface area contributed by atoms with E-state index in [1.165, 1.54) is 0 Å². The highest BCUT2D eigenvalue weighted by Gasteiger charge is 2.12. The van der Waals surface area contributed by atoms with Crippen LogP contribution in [-0.2, 0) is 0 Å². The molecule has 1 aliphatic rings. The minimum Gasteiger partial charge on any atom is -0.298 e. The van der Waals surface area contributed by atoms with Crippen LogP contribution in [0.2, 0.25) is 0 Å². The molecule has 0 aromatic rings. The van der Waals surface area contributed by atoms with Crippen molar-refractivity contribution in [1.82, 2.24) is 0 Å². The number of nitrogens with one attached hydrogen (secondary N) is 2. The van der Waals surface area contributed by atoms with E-state index in [-0.39, 0.29) is 5.71 Å². The molecule has 3 heteroatoms. The second kappa shape index (κ2) is 2.50. The molecule has 0 fully saturated rings. The van der Waals surface area contributed by atoms with Gasteiger partial charge in [0.25, 0.3) is 0 Å². The van der Waals surface area contributed by atoms with Gasteiger partial charge in [-0.05, 0) is 34.5 Å². The number of halogens is 1. The van der Waals surface area contributed by atoms with Crippen LogP contribution in [0.4, 0.5) is 0 Å². The smallest absolute Gasteiger partial charge is 0.0934 e. The largest absolute Gasteiger partial charge is 0.298 e. The van der Waals surface area contributed by atoms with Crippen molar-refractivity contribution in [3.05, 3.63) is 22.2 Å². The lowest BCUT2D eigenvalue weighted by Crippen LogP contribution is -2.15. The summed E-state index contributed by atoms with van der Waals surface area (Å²) in [5.74, 6) is 0. The van der Waals surface area contributed by atoms with Crippen LogP contribution < -0.4 is 0 Å². The molecule has 0 radical (unpaired) electrons. The van der Waals surface area contributed by atoms with Gasteiger partial charge in [0.15, 0.2) is 0 Å². The molecule has 1 rings (SSSR count). The molecule has 0 aromatic carbocycles. The van der Waals surface area contributed by atoms with E-state index < -0.39 is 0 Å². The Morgan fingerprint density at radius 1 is 1.20 bits per heavy atom. The van der Waals surface area contributed by atoms with E-state index in [9.17, 15) is 0 Å². The molecule has 0 saturated carbocycles. The van der Waals surface area contributed by atoms with Gasteiger partial charge in [0.1, 0.15) is 0 Å². The predicted molar refractivity (Wildman–Crippen MR) is 46.2 cm³/mol. The maximum Gasteiger partial charge on any atom is 0.0934 e. The molecule has 0 atom stereocenters. The van der Waals surface area contributed by atoms with Crippen molar-refractivity contribution in [1.29, 1.82) is 10.8 Å². The van der Waals surface area contributed by atoms with Crippen molar-refractivity contribution >= 4 is 27.4 Å². The standard InChI is InChI=1S/C7H7BrN2/c1-4-2-3-5(8)7(10)6(4)9/h2-3,9-10H,1H3. The summed E-state index contributed by atoms with van der Waals surface area (Å²) in [4.78, 5) is 0. The highest BCUT2D eigenvalue weighted by molar-refractivity contribution is 9.12. The maximum absolute atomic E-state index is 7.37. The molecular formula is C7H7BrN2. The SMILES string of the molecule is CC1=CC=C(Br)C(=N)C1=N. The molecule has 1 aliphatic carbocycles. The summed E-state index contributed by atoms with van der Waals surface area (Å²) < 4.78 is 0.683. The molecule has 0 amide bonds. The van der Waals surface area contributed by atoms with E-state index in [2.05, 4.69) is 15.9 Å². The Morgan fingerprint density at radius 3 is 2.30 bits per heavy atom. The average molecular weight is 199 g/mol. The number of rotatable bonds is 0. The van der Waals surface area contributed by atoms with Crippen molar-refractivity contribution in [2.75, 3.05) is 0 Å². The predicted octanol–water partition coefficient (Wildman–Crippen LogP) is 2.26. The summed E-state index contributed by atoms with van der Waals surface area (Å²) in [5.41, 5.74) is 1.41. The van der Waals surface area contributed by atoms with Crippen molar-refractivity contribution in [2.24, 2.45) is 0 Å². The molecule has 2 N–H and O–H groups in total. The van der Waals surface area contributed by atoms with Gasteiger partial charge in [-0.3, -0.25) is 10.8 Å². The van der Waals surface area contributed by atoms with Crippen LogP contribution in [-0.4, -0.2) is 11.4 Å². The number of hydrogen-bond acceptors (Lipinski definition) is 2. The van der Waals surface area contributed by atoms with Crippen molar-refractivity contribution in [2.45, 2.75) is 6.92 Å². The van der Waals surface area contributed by atoms with Gasteiger partial charge < -0.3 is 0 Å². The van der Waals surface area contributed by atoms with Gasteiger partial charge in [0, 0.05) is 4.48 Å². The van der Waals surface area contributed by atoms with Gasteiger partial charge in [-0.2, -0.15) is 0 Å².